The standard InChI is InChI=1S/C12H9BrN2O2S/c1-7-4-11(17)15-12(14-7)18-10-3-2-9(13)5-8(10)6-16/h2-6H,1H3,(H,14,15,17). The fourth-order valence-electron chi connectivity index (χ4n) is 1.41. The molecule has 0 atom stereocenters. The van der Waals surface area contributed by atoms with E-state index in [1.807, 2.05) is 6.07 Å². The third-order valence-corrected chi connectivity index (χ3v) is 3.63. The highest BCUT2D eigenvalue weighted by Gasteiger charge is 2.07. The third kappa shape index (κ3) is 3.08. The molecule has 0 amide bonds. The molecule has 0 aliphatic rings. The van der Waals surface area contributed by atoms with Crippen LogP contribution >= 0.6 is 27.7 Å². The summed E-state index contributed by atoms with van der Waals surface area (Å²) in [5.41, 5.74) is 0.999. The number of nitrogens with zero attached hydrogens (tertiary/aromatic N) is 1. The smallest absolute Gasteiger partial charge is 0.251 e. The van der Waals surface area contributed by atoms with Crippen molar-refractivity contribution in [2.24, 2.45) is 0 Å². The van der Waals surface area contributed by atoms with Crippen LogP contribution in [-0.2, 0) is 0 Å². The third-order valence-electron chi connectivity index (χ3n) is 2.15. The first kappa shape index (κ1) is 13.0. The van der Waals surface area contributed by atoms with Crippen LogP contribution in [0.5, 0.6) is 0 Å². The lowest BCUT2D eigenvalue weighted by atomic mass is 10.2. The molecule has 0 spiro atoms. The number of hydrogen-bond donors (Lipinski definition) is 1. The van der Waals surface area contributed by atoms with Gasteiger partial charge in [-0.05, 0) is 25.1 Å². The quantitative estimate of drug-likeness (QED) is 0.696. The molecule has 18 heavy (non-hydrogen) atoms. The van der Waals surface area contributed by atoms with Crippen LogP contribution in [0.3, 0.4) is 0 Å². The summed E-state index contributed by atoms with van der Waals surface area (Å²) in [5, 5.41) is 0.477. The number of hydrogen-bond acceptors (Lipinski definition) is 4. The van der Waals surface area contributed by atoms with Crippen molar-refractivity contribution in [1.82, 2.24) is 9.97 Å². The summed E-state index contributed by atoms with van der Waals surface area (Å²) in [6.45, 7) is 1.75. The summed E-state index contributed by atoms with van der Waals surface area (Å²) in [5.74, 6) is 0. The number of aryl methyl sites for hydroxylation is 1. The van der Waals surface area contributed by atoms with Gasteiger partial charge in [0.25, 0.3) is 5.56 Å². The van der Waals surface area contributed by atoms with Crippen molar-refractivity contribution in [1.29, 1.82) is 0 Å². The molecule has 0 aliphatic heterocycles. The van der Waals surface area contributed by atoms with Crippen LogP contribution in [-0.4, -0.2) is 16.3 Å². The molecular formula is C12H9BrN2O2S. The minimum absolute atomic E-state index is 0.199. The molecule has 0 saturated heterocycles. The molecule has 0 fully saturated rings. The van der Waals surface area contributed by atoms with Gasteiger partial charge in [-0.25, -0.2) is 4.98 Å². The summed E-state index contributed by atoms with van der Waals surface area (Å²) in [7, 11) is 0. The van der Waals surface area contributed by atoms with E-state index in [1.165, 1.54) is 17.8 Å². The fraction of sp³-hybridized carbons (Fsp3) is 0.0833. The van der Waals surface area contributed by atoms with E-state index in [0.717, 1.165) is 15.7 Å². The molecule has 1 aromatic carbocycles. The molecule has 2 rings (SSSR count). The molecule has 0 saturated carbocycles. The number of carbonyl (C=O) groups is 1. The van der Waals surface area contributed by atoms with Crippen LogP contribution in [0.1, 0.15) is 16.1 Å². The van der Waals surface area contributed by atoms with Gasteiger partial charge in [0.15, 0.2) is 11.4 Å². The Morgan fingerprint density at radius 2 is 2.17 bits per heavy atom. The van der Waals surface area contributed by atoms with Crippen molar-refractivity contribution in [3.05, 3.63) is 50.3 Å². The molecule has 0 bridgehead atoms. The second-order valence-electron chi connectivity index (χ2n) is 3.59. The molecular weight excluding hydrogens is 316 g/mol. The number of rotatable bonds is 3. The van der Waals surface area contributed by atoms with Gasteiger partial charge in [0.1, 0.15) is 0 Å². The van der Waals surface area contributed by atoms with E-state index in [9.17, 15) is 9.59 Å². The van der Waals surface area contributed by atoms with E-state index in [-0.39, 0.29) is 5.56 Å². The molecule has 92 valence electrons. The van der Waals surface area contributed by atoms with Crippen molar-refractivity contribution >= 4 is 34.0 Å². The lowest BCUT2D eigenvalue weighted by Crippen LogP contribution is -2.08. The Labute approximate surface area is 116 Å². The number of H-pyrrole nitrogens is 1. The summed E-state index contributed by atoms with van der Waals surface area (Å²) in [6.07, 6.45) is 0.779. The predicted octanol–water partition coefficient (Wildman–Crippen LogP) is 2.80. The Balaban J connectivity index is 2.39. The van der Waals surface area contributed by atoms with E-state index in [2.05, 4.69) is 25.9 Å². The number of carbonyl (C=O) groups excluding carboxylic acids is 1. The highest BCUT2D eigenvalue weighted by molar-refractivity contribution is 9.10. The summed E-state index contributed by atoms with van der Waals surface area (Å²) < 4.78 is 0.833. The largest absolute Gasteiger partial charge is 0.301 e. The lowest BCUT2D eigenvalue weighted by Gasteiger charge is -2.04. The number of aromatic nitrogens is 2. The molecule has 1 heterocycles. The average molecular weight is 325 g/mol. The van der Waals surface area contributed by atoms with Crippen molar-refractivity contribution in [2.75, 3.05) is 0 Å². The van der Waals surface area contributed by atoms with Crippen LogP contribution in [0.15, 0.2) is 43.6 Å². The molecule has 0 radical (unpaired) electrons. The van der Waals surface area contributed by atoms with Gasteiger partial charge in [0.2, 0.25) is 0 Å². The van der Waals surface area contributed by atoms with Crippen LogP contribution in [0.2, 0.25) is 0 Å². The number of aldehydes is 1. The van der Waals surface area contributed by atoms with Gasteiger partial charge in [-0.2, -0.15) is 0 Å². The Kier molecular flexibility index (Phi) is 3.98. The molecule has 2 aromatic rings. The van der Waals surface area contributed by atoms with Crippen LogP contribution in [0, 0.1) is 6.92 Å². The molecule has 1 N–H and O–H groups in total. The van der Waals surface area contributed by atoms with Crippen molar-refractivity contribution in [3.8, 4) is 0 Å². The van der Waals surface area contributed by atoms with E-state index >= 15 is 0 Å². The monoisotopic (exact) mass is 324 g/mol. The van der Waals surface area contributed by atoms with E-state index in [4.69, 9.17) is 0 Å². The molecule has 6 heteroatoms. The highest BCUT2D eigenvalue weighted by Crippen LogP contribution is 2.28. The zero-order valence-corrected chi connectivity index (χ0v) is 11.8. The Morgan fingerprint density at radius 1 is 1.39 bits per heavy atom. The maximum atomic E-state index is 11.3. The first-order valence-electron chi connectivity index (χ1n) is 5.09. The van der Waals surface area contributed by atoms with Gasteiger partial charge in [-0.15, -0.1) is 0 Å². The van der Waals surface area contributed by atoms with Crippen LogP contribution < -0.4 is 5.56 Å². The Bertz CT molecular complexity index is 655. The number of nitrogens with one attached hydrogen (secondary N) is 1. The minimum atomic E-state index is -0.199. The first-order valence-corrected chi connectivity index (χ1v) is 6.70. The van der Waals surface area contributed by atoms with Gasteiger partial charge in [0.05, 0.1) is 0 Å². The normalized spacial score (nSPS) is 10.3. The molecule has 0 aliphatic carbocycles. The van der Waals surface area contributed by atoms with Crippen LogP contribution in [0.25, 0.3) is 0 Å². The summed E-state index contributed by atoms with van der Waals surface area (Å²) in [4.78, 5) is 29.9. The van der Waals surface area contributed by atoms with Crippen molar-refractivity contribution in [3.63, 3.8) is 0 Å². The van der Waals surface area contributed by atoms with Gasteiger partial charge in [-0.3, -0.25) is 9.59 Å². The average Bonchev–Trinajstić information content (AvgIpc) is 2.30. The predicted molar refractivity (Wildman–Crippen MR) is 73.2 cm³/mol. The van der Waals surface area contributed by atoms with Gasteiger partial charge in [0, 0.05) is 26.7 Å². The summed E-state index contributed by atoms with van der Waals surface area (Å²) in [6, 6.07) is 6.79. The lowest BCUT2D eigenvalue weighted by molar-refractivity contribution is 0.112. The van der Waals surface area contributed by atoms with E-state index < -0.39 is 0 Å². The van der Waals surface area contributed by atoms with E-state index in [0.29, 0.717) is 16.4 Å². The maximum Gasteiger partial charge on any atom is 0.251 e. The SMILES string of the molecule is Cc1cc(=O)[nH]c(Sc2ccc(Br)cc2C=O)n1. The van der Waals surface area contributed by atoms with E-state index in [1.54, 1.807) is 19.1 Å². The second kappa shape index (κ2) is 5.49. The topological polar surface area (TPSA) is 62.8 Å². The number of aromatic amines is 1. The first-order chi connectivity index (χ1) is 8.58. The van der Waals surface area contributed by atoms with Crippen molar-refractivity contribution in [2.45, 2.75) is 17.0 Å². The Hall–Kier alpha value is -1.40. The Morgan fingerprint density at radius 3 is 2.83 bits per heavy atom. The summed E-state index contributed by atoms with van der Waals surface area (Å²) >= 11 is 4.56. The van der Waals surface area contributed by atoms with Gasteiger partial charge < -0.3 is 4.98 Å². The zero-order valence-electron chi connectivity index (χ0n) is 9.44. The van der Waals surface area contributed by atoms with Gasteiger partial charge in [-0.1, -0.05) is 27.7 Å². The number of benzene rings is 1. The fourth-order valence-corrected chi connectivity index (χ4v) is 2.70. The second-order valence-corrected chi connectivity index (χ2v) is 5.54. The van der Waals surface area contributed by atoms with Crippen molar-refractivity contribution < 1.29 is 4.79 Å². The maximum absolute atomic E-state index is 11.3. The van der Waals surface area contributed by atoms with Crippen LogP contribution in [0.4, 0.5) is 0 Å². The molecule has 1 aromatic heterocycles. The molecule has 0 unspecified atom stereocenters. The molecule has 4 nitrogen and oxygen atoms in total. The number of halogens is 1. The van der Waals surface area contributed by atoms with Gasteiger partial charge >= 0.3 is 0 Å². The minimum Gasteiger partial charge on any atom is -0.301 e. The highest BCUT2D eigenvalue weighted by atomic mass is 79.9. The zero-order chi connectivity index (χ0) is 13.1.